The Hall–Kier alpha value is -4.77. The molecule has 0 amide bonds. The number of para-hydroxylation sites is 1. The summed E-state index contributed by atoms with van der Waals surface area (Å²) in [6.45, 7) is 5.04. The SMILES string of the molecule is CCC(C)n1c(O)c(C(=O)/C=C/c2cn(-c3ccccc3)nc2-c2ccc(F)cc2)c(C)c(C#N)c1=O. The fourth-order valence-electron chi connectivity index (χ4n) is 4.11. The number of allylic oxidation sites excluding steroid dienone is 1. The molecule has 8 heteroatoms. The molecule has 0 bridgehead atoms. The summed E-state index contributed by atoms with van der Waals surface area (Å²) in [6.07, 6.45) is 5.08. The average molecular weight is 497 g/mol. The third-order valence-electron chi connectivity index (χ3n) is 6.32. The van der Waals surface area contributed by atoms with E-state index in [9.17, 15) is 24.3 Å². The van der Waals surface area contributed by atoms with Gasteiger partial charge in [-0.1, -0.05) is 25.1 Å². The molecule has 0 aliphatic rings. The lowest BCUT2D eigenvalue weighted by atomic mass is 10.00. The Labute approximate surface area is 213 Å². The van der Waals surface area contributed by atoms with Gasteiger partial charge in [-0.3, -0.25) is 14.2 Å². The van der Waals surface area contributed by atoms with Crippen LogP contribution in [0.3, 0.4) is 0 Å². The first-order valence-electron chi connectivity index (χ1n) is 11.8. The molecule has 1 unspecified atom stereocenters. The summed E-state index contributed by atoms with van der Waals surface area (Å²) in [7, 11) is 0. The minimum Gasteiger partial charge on any atom is -0.494 e. The highest BCUT2D eigenvalue weighted by Gasteiger charge is 2.24. The van der Waals surface area contributed by atoms with E-state index in [0.29, 0.717) is 23.2 Å². The van der Waals surface area contributed by atoms with Crippen LogP contribution in [0, 0.1) is 24.1 Å². The summed E-state index contributed by atoms with van der Waals surface area (Å²) in [5.74, 6) is -1.42. The van der Waals surface area contributed by atoms with E-state index >= 15 is 0 Å². The predicted octanol–water partition coefficient (Wildman–Crippen LogP) is 5.59. The van der Waals surface area contributed by atoms with Crippen LogP contribution in [-0.2, 0) is 0 Å². The van der Waals surface area contributed by atoms with Crippen LogP contribution in [-0.4, -0.2) is 25.2 Å². The minimum absolute atomic E-state index is 0.105. The Balaban J connectivity index is 1.82. The zero-order valence-corrected chi connectivity index (χ0v) is 20.6. The number of nitriles is 1. The number of halogens is 1. The smallest absolute Gasteiger partial charge is 0.271 e. The molecule has 0 aliphatic heterocycles. The van der Waals surface area contributed by atoms with Gasteiger partial charge >= 0.3 is 0 Å². The van der Waals surface area contributed by atoms with Crippen LogP contribution in [0.15, 0.2) is 71.7 Å². The van der Waals surface area contributed by atoms with Gasteiger partial charge in [0.1, 0.15) is 17.4 Å². The van der Waals surface area contributed by atoms with Gasteiger partial charge in [0, 0.05) is 23.4 Å². The van der Waals surface area contributed by atoms with E-state index in [1.807, 2.05) is 43.3 Å². The summed E-state index contributed by atoms with van der Waals surface area (Å²) >= 11 is 0. The molecule has 4 aromatic rings. The van der Waals surface area contributed by atoms with Crippen molar-refractivity contribution in [1.82, 2.24) is 14.3 Å². The van der Waals surface area contributed by atoms with Crippen LogP contribution in [0.4, 0.5) is 4.39 Å². The molecule has 0 fully saturated rings. The van der Waals surface area contributed by atoms with E-state index < -0.39 is 23.3 Å². The highest BCUT2D eigenvalue weighted by Crippen LogP contribution is 2.28. The van der Waals surface area contributed by atoms with Crippen molar-refractivity contribution in [1.29, 1.82) is 5.26 Å². The van der Waals surface area contributed by atoms with Crippen molar-refractivity contribution in [2.75, 3.05) is 0 Å². The third-order valence-corrected chi connectivity index (χ3v) is 6.32. The van der Waals surface area contributed by atoms with Crippen LogP contribution < -0.4 is 5.56 Å². The van der Waals surface area contributed by atoms with Crippen LogP contribution in [0.5, 0.6) is 5.88 Å². The van der Waals surface area contributed by atoms with E-state index in [1.54, 1.807) is 36.0 Å². The molecule has 0 saturated carbocycles. The zero-order valence-electron chi connectivity index (χ0n) is 20.6. The van der Waals surface area contributed by atoms with Crippen molar-refractivity contribution < 1.29 is 14.3 Å². The number of aromatic hydroxyl groups is 1. The molecular weight excluding hydrogens is 471 g/mol. The maximum atomic E-state index is 13.5. The molecule has 7 nitrogen and oxygen atoms in total. The number of ketones is 1. The van der Waals surface area contributed by atoms with E-state index in [0.717, 1.165) is 10.3 Å². The Kier molecular flexibility index (Phi) is 7.16. The van der Waals surface area contributed by atoms with Crippen LogP contribution in [0.2, 0.25) is 0 Å². The number of benzene rings is 2. The minimum atomic E-state index is -0.630. The van der Waals surface area contributed by atoms with Gasteiger partial charge in [0.2, 0.25) is 5.88 Å². The number of hydrogen-bond acceptors (Lipinski definition) is 5. The molecule has 1 N–H and O–H groups in total. The molecule has 2 aromatic carbocycles. The Morgan fingerprint density at radius 2 is 1.86 bits per heavy atom. The Morgan fingerprint density at radius 1 is 1.19 bits per heavy atom. The van der Waals surface area contributed by atoms with Crippen LogP contribution in [0.1, 0.15) is 53.4 Å². The quantitative estimate of drug-likeness (QED) is 0.265. The number of pyridine rings is 1. The fraction of sp³-hybridized carbons (Fsp3) is 0.172. The second-order valence-electron chi connectivity index (χ2n) is 8.66. The molecule has 0 aliphatic carbocycles. The van der Waals surface area contributed by atoms with Gasteiger partial charge < -0.3 is 5.11 Å². The van der Waals surface area contributed by atoms with Crippen molar-refractivity contribution in [3.05, 3.63) is 105 Å². The van der Waals surface area contributed by atoms with Gasteiger partial charge in [0.25, 0.3) is 5.56 Å². The molecule has 2 heterocycles. The topological polar surface area (TPSA) is 101 Å². The van der Waals surface area contributed by atoms with Gasteiger partial charge in [-0.2, -0.15) is 10.4 Å². The number of aromatic nitrogens is 3. The van der Waals surface area contributed by atoms with Gasteiger partial charge in [-0.15, -0.1) is 0 Å². The summed E-state index contributed by atoms with van der Waals surface area (Å²) in [5.41, 5.74) is 1.76. The summed E-state index contributed by atoms with van der Waals surface area (Å²) in [4.78, 5) is 26.1. The summed E-state index contributed by atoms with van der Waals surface area (Å²) in [5, 5.41) is 25.1. The van der Waals surface area contributed by atoms with Crippen LogP contribution >= 0.6 is 0 Å². The number of carbonyl (C=O) groups excluding carboxylic acids is 1. The van der Waals surface area contributed by atoms with Gasteiger partial charge in [0.05, 0.1) is 16.9 Å². The van der Waals surface area contributed by atoms with Gasteiger partial charge in [-0.25, -0.2) is 9.07 Å². The second kappa shape index (κ2) is 10.5. The first-order chi connectivity index (χ1) is 17.8. The van der Waals surface area contributed by atoms with Gasteiger partial charge in [-0.05, 0) is 74.4 Å². The average Bonchev–Trinajstić information content (AvgIpc) is 3.32. The highest BCUT2D eigenvalue weighted by molar-refractivity contribution is 6.09. The van der Waals surface area contributed by atoms with E-state index in [4.69, 9.17) is 0 Å². The lowest BCUT2D eigenvalue weighted by molar-refractivity contribution is 0.104. The monoisotopic (exact) mass is 496 g/mol. The zero-order chi connectivity index (χ0) is 26.7. The first-order valence-corrected chi connectivity index (χ1v) is 11.8. The maximum absolute atomic E-state index is 13.5. The maximum Gasteiger partial charge on any atom is 0.271 e. The second-order valence-corrected chi connectivity index (χ2v) is 8.66. The molecule has 37 heavy (non-hydrogen) atoms. The molecule has 0 radical (unpaired) electrons. The lowest BCUT2D eigenvalue weighted by Gasteiger charge is -2.19. The third kappa shape index (κ3) is 4.84. The van der Waals surface area contributed by atoms with Crippen LogP contribution in [0.25, 0.3) is 23.0 Å². The van der Waals surface area contributed by atoms with E-state index in [2.05, 4.69) is 5.10 Å². The highest BCUT2D eigenvalue weighted by atomic mass is 19.1. The summed E-state index contributed by atoms with van der Waals surface area (Å²) in [6, 6.07) is 16.7. The van der Waals surface area contributed by atoms with Crippen molar-refractivity contribution in [2.45, 2.75) is 33.2 Å². The molecule has 0 spiro atoms. The van der Waals surface area contributed by atoms with E-state index in [1.165, 1.54) is 25.1 Å². The largest absolute Gasteiger partial charge is 0.494 e. The predicted molar refractivity (Wildman–Crippen MR) is 139 cm³/mol. The number of rotatable bonds is 7. The Morgan fingerprint density at radius 3 is 2.49 bits per heavy atom. The number of nitrogens with zero attached hydrogens (tertiary/aromatic N) is 4. The lowest BCUT2D eigenvalue weighted by Crippen LogP contribution is -2.28. The molecule has 0 saturated heterocycles. The normalized spacial score (nSPS) is 12.0. The van der Waals surface area contributed by atoms with E-state index in [-0.39, 0.29) is 22.5 Å². The van der Waals surface area contributed by atoms with Crippen molar-refractivity contribution in [2.24, 2.45) is 0 Å². The molecule has 2 aromatic heterocycles. The number of hydrogen-bond donors (Lipinski definition) is 1. The number of carbonyl (C=O) groups is 1. The molecule has 1 atom stereocenters. The summed E-state index contributed by atoms with van der Waals surface area (Å²) < 4.78 is 16.3. The Bertz CT molecular complexity index is 1590. The van der Waals surface area contributed by atoms with Crippen molar-refractivity contribution in [3.8, 4) is 28.9 Å². The standard InChI is InChI=1S/C29H25FN4O3/c1-4-18(2)34-28(36)24(16-31)19(3)26(29(34)37)25(35)15-12-21-17-33(23-8-6-5-7-9-23)32-27(21)20-10-13-22(30)14-11-20/h5-15,17-18,37H,4H2,1-3H3/b15-12+. The molecule has 186 valence electrons. The first kappa shape index (κ1) is 25.3. The molecular formula is C29H25FN4O3. The fourth-order valence-corrected chi connectivity index (χ4v) is 4.11. The van der Waals surface area contributed by atoms with Gasteiger partial charge in [0.15, 0.2) is 5.78 Å². The van der Waals surface area contributed by atoms with Crippen molar-refractivity contribution in [3.63, 3.8) is 0 Å². The molecule has 4 rings (SSSR count). The van der Waals surface area contributed by atoms with Crippen molar-refractivity contribution >= 4 is 11.9 Å².